The molecule has 0 N–H and O–H groups in total. The van der Waals surface area contributed by atoms with Gasteiger partial charge in [-0.15, -0.1) is 0 Å². The summed E-state index contributed by atoms with van der Waals surface area (Å²) in [4.78, 5) is 2.26. The minimum Gasteiger partial charge on any atom is -0.342 e. The predicted molar refractivity (Wildman–Crippen MR) is 102 cm³/mol. The molecule has 0 bridgehead atoms. The van der Waals surface area contributed by atoms with E-state index in [1.54, 1.807) is 6.07 Å². The first kappa shape index (κ1) is 19.0. The van der Waals surface area contributed by atoms with E-state index in [2.05, 4.69) is 18.9 Å². The second-order valence-electron chi connectivity index (χ2n) is 7.50. The van der Waals surface area contributed by atoms with E-state index in [-0.39, 0.29) is 11.9 Å². The average molecular weight is 390 g/mol. The summed E-state index contributed by atoms with van der Waals surface area (Å²) in [6.07, 6.45) is -2.95. The number of hydrogen-bond donors (Lipinski definition) is 0. The zero-order chi connectivity index (χ0) is 20.1. The Bertz CT molecular complexity index is 1000. The van der Waals surface area contributed by atoms with Crippen molar-refractivity contribution in [2.45, 2.75) is 38.5 Å². The summed E-state index contributed by atoms with van der Waals surface area (Å²) in [6, 6.07) is 10.6. The van der Waals surface area contributed by atoms with Crippen LogP contribution in [-0.4, -0.2) is 23.1 Å². The fraction of sp³-hybridized carbons (Fsp3) is 0.364. The van der Waals surface area contributed by atoms with Gasteiger partial charge in [0.05, 0.1) is 11.1 Å². The van der Waals surface area contributed by atoms with E-state index >= 15 is 0 Å². The molecule has 0 amide bonds. The maximum atomic E-state index is 14.7. The van der Waals surface area contributed by atoms with Crippen LogP contribution >= 0.6 is 0 Å². The number of halogens is 4. The number of aryl methyl sites for hydroxylation is 2. The molecule has 2 aromatic carbocycles. The Kier molecular flexibility index (Phi) is 4.70. The molecule has 6 heteroatoms. The van der Waals surface area contributed by atoms with Gasteiger partial charge in [0, 0.05) is 36.6 Å². The summed E-state index contributed by atoms with van der Waals surface area (Å²) in [7, 11) is 2.07. The van der Waals surface area contributed by atoms with Crippen molar-refractivity contribution >= 4 is 10.9 Å². The van der Waals surface area contributed by atoms with Gasteiger partial charge in [0.15, 0.2) is 0 Å². The minimum atomic E-state index is -4.33. The summed E-state index contributed by atoms with van der Waals surface area (Å²) >= 11 is 0. The molecule has 2 heterocycles. The van der Waals surface area contributed by atoms with Crippen LogP contribution in [0.4, 0.5) is 17.6 Å². The van der Waals surface area contributed by atoms with Crippen LogP contribution in [0.2, 0.25) is 0 Å². The lowest BCUT2D eigenvalue weighted by Crippen LogP contribution is -2.31. The van der Waals surface area contributed by atoms with Crippen LogP contribution in [0, 0.1) is 5.82 Å². The zero-order valence-electron chi connectivity index (χ0n) is 15.9. The van der Waals surface area contributed by atoms with E-state index < -0.39 is 11.7 Å². The molecule has 28 heavy (non-hydrogen) atoms. The van der Waals surface area contributed by atoms with Crippen LogP contribution in [0.25, 0.3) is 10.9 Å². The van der Waals surface area contributed by atoms with Crippen LogP contribution < -0.4 is 0 Å². The SMILES string of the molecule is CC1c2c(n(CCc3ccc(C(F)(F)F)cc3)c3c(F)cccc23)CCN1C. The van der Waals surface area contributed by atoms with Crippen molar-refractivity contribution in [3.63, 3.8) is 0 Å². The summed E-state index contributed by atoms with van der Waals surface area (Å²) in [5.74, 6) is -0.255. The lowest BCUT2D eigenvalue weighted by Gasteiger charge is -2.31. The van der Waals surface area contributed by atoms with Crippen LogP contribution in [0.3, 0.4) is 0 Å². The molecule has 0 radical (unpaired) electrons. The molecule has 2 nitrogen and oxygen atoms in total. The highest BCUT2D eigenvalue weighted by atomic mass is 19.4. The molecule has 0 aliphatic carbocycles. The fourth-order valence-corrected chi connectivity index (χ4v) is 4.22. The Balaban J connectivity index is 1.70. The normalized spacial score (nSPS) is 17.9. The molecule has 1 aromatic heterocycles. The first-order valence-electron chi connectivity index (χ1n) is 9.43. The summed E-state index contributed by atoms with van der Waals surface area (Å²) < 4.78 is 55.0. The van der Waals surface area contributed by atoms with Gasteiger partial charge in [0.1, 0.15) is 5.82 Å². The van der Waals surface area contributed by atoms with Crippen molar-refractivity contribution < 1.29 is 17.6 Å². The summed E-state index contributed by atoms with van der Waals surface area (Å²) in [5, 5.41) is 0.932. The molecule has 148 valence electrons. The van der Waals surface area contributed by atoms with Gasteiger partial charge in [-0.25, -0.2) is 4.39 Å². The van der Waals surface area contributed by atoms with Crippen molar-refractivity contribution in [2.75, 3.05) is 13.6 Å². The Morgan fingerprint density at radius 3 is 2.46 bits per heavy atom. The second kappa shape index (κ2) is 6.92. The zero-order valence-corrected chi connectivity index (χ0v) is 15.9. The lowest BCUT2D eigenvalue weighted by molar-refractivity contribution is -0.137. The number of fused-ring (bicyclic) bond motifs is 3. The third-order valence-corrected chi connectivity index (χ3v) is 5.87. The van der Waals surface area contributed by atoms with E-state index in [0.717, 1.165) is 47.3 Å². The van der Waals surface area contributed by atoms with Gasteiger partial charge < -0.3 is 4.57 Å². The summed E-state index contributed by atoms with van der Waals surface area (Å²) in [6.45, 7) is 3.56. The molecule has 0 saturated heterocycles. The molecule has 0 spiro atoms. The third kappa shape index (κ3) is 3.20. The van der Waals surface area contributed by atoms with Gasteiger partial charge in [0.25, 0.3) is 0 Å². The average Bonchev–Trinajstić information content (AvgIpc) is 2.98. The minimum absolute atomic E-state index is 0.195. The Hall–Kier alpha value is -2.34. The van der Waals surface area contributed by atoms with E-state index in [1.807, 2.05) is 10.6 Å². The van der Waals surface area contributed by atoms with Gasteiger partial charge in [-0.2, -0.15) is 13.2 Å². The van der Waals surface area contributed by atoms with Gasteiger partial charge in [-0.05, 0) is 49.7 Å². The number of rotatable bonds is 3. The van der Waals surface area contributed by atoms with Gasteiger partial charge in [0.2, 0.25) is 0 Å². The van der Waals surface area contributed by atoms with Gasteiger partial charge >= 0.3 is 6.18 Å². The largest absolute Gasteiger partial charge is 0.416 e. The van der Waals surface area contributed by atoms with Gasteiger partial charge in [-0.1, -0.05) is 24.3 Å². The highest BCUT2D eigenvalue weighted by Gasteiger charge is 2.30. The number of benzene rings is 2. The van der Waals surface area contributed by atoms with Crippen molar-refractivity contribution in [3.8, 4) is 0 Å². The number of para-hydroxylation sites is 1. The molecule has 1 unspecified atom stereocenters. The number of likely N-dealkylation sites (N-methyl/N-ethyl adjacent to an activating group) is 1. The maximum Gasteiger partial charge on any atom is 0.416 e. The van der Waals surface area contributed by atoms with E-state index in [4.69, 9.17) is 0 Å². The van der Waals surface area contributed by atoms with E-state index in [0.29, 0.717) is 18.5 Å². The molecule has 3 aromatic rings. The molecular formula is C22H22F4N2. The topological polar surface area (TPSA) is 8.17 Å². The predicted octanol–water partition coefficient (Wildman–Crippen LogP) is 5.59. The molecular weight excluding hydrogens is 368 g/mol. The number of alkyl halides is 3. The first-order valence-corrected chi connectivity index (χ1v) is 9.43. The van der Waals surface area contributed by atoms with Crippen LogP contribution in [0.15, 0.2) is 42.5 Å². The Labute approximate surface area is 161 Å². The van der Waals surface area contributed by atoms with Crippen LogP contribution in [0.1, 0.15) is 35.3 Å². The molecule has 1 atom stereocenters. The molecule has 0 saturated carbocycles. The number of aromatic nitrogens is 1. The fourth-order valence-electron chi connectivity index (χ4n) is 4.22. The van der Waals surface area contributed by atoms with Crippen molar-refractivity contribution in [1.82, 2.24) is 9.47 Å². The monoisotopic (exact) mass is 390 g/mol. The van der Waals surface area contributed by atoms with Crippen molar-refractivity contribution in [2.24, 2.45) is 0 Å². The first-order chi connectivity index (χ1) is 13.3. The molecule has 4 rings (SSSR count). The standard InChI is InChI=1S/C22H22F4N2/c1-14-20-17-4-3-5-18(23)21(17)28(19(20)11-12-27(14)2)13-10-15-6-8-16(9-7-15)22(24,25)26/h3-9,14H,10-13H2,1-2H3. The third-order valence-electron chi connectivity index (χ3n) is 5.87. The van der Waals surface area contributed by atoms with E-state index in [9.17, 15) is 17.6 Å². The lowest BCUT2D eigenvalue weighted by atomic mass is 9.97. The quantitative estimate of drug-likeness (QED) is 0.529. The van der Waals surface area contributed by atoms with Crippen molar-refractivity contribution in [3.05, 3.63) is 70.7 Å². The molecule has 1 aliphatic rings. The molecule has 1 aliphatic heterocycles. The summed E-state index contributed by atoms with van der Waals surface area (Å²) in [5.41, 5.74) is 3.05. The smallest absolute Gasteiger partial charge is 0.342 e. The van der Waals surface area contributed by atoms with E-state index in [1.165, 1.54) is 18.2 Å². The van der Waals surface area contributed by atoms with Crippen LogP contribution in [0.5, 0.6) is 0 Å². The number of hydrogen-bond acceptors (Lipinski definition) is 1. The second-order valence-corrected chi connectivity index (χ2v) is 7.50. The number of nitrogens with zero attached hydrogens (tertiary/aromatic N) is 2. The maximum absolute atomic E-state index is 14.7. The van der Waals surface area contributed by atoms with Crippen molar-refractivity contribution in [1.29, 1.82) is 0 Å². The Morgan fingerprint density at radius 1 is 1.07 bits per heavy atom. The highest BCUT2D eigenvalue weighted by Crippen LogP contribution is 2.38. The van der Waals surface area contributed by atoms with Crippen LogP contribution in [-0.2, 0) is 25.6 Å². The highest BCUT2D eigenvalue weighted by molar-refractivity contribution is 5.87. The molecule has 0 fully saturated rings. The van der Waals surface area contributed by atoms with Gasteiger partial charge in [-0.3, -0.25) is 4.90 Å². The Morgan fingerprint density at radius 2 is 1.79 bits per heavy atom.